The van der Waals surface area contributed by atoms with E-state index in [0.29, 0.717) is 24.8 Å². The fraction of sp³-hybridized carbons (Fsp3) is 0.375. The lowest BCUT2D eigenvalue weighted by Gasteiger charge is -2.19. The molecule has 1 aromatic rings. The van der Waals surface area contributed by atoms with Crippen molar-refractivity contribution in [1.29, 1.82) is 0 Å². The summed E-state index contributed by atoms with van der Waals surface area (Å²) in [7, 11) is 0. The summed E-state index contributed by atoms with van der Waals surface area (Å²) in [5.74, 6) is 1.79. The third-order valence-corrected chi connectivity index (χ3v) is 1.91. The van der Waals surface area contributed by atoms with Crippen LogP contribution in [-0.2, 0) is 5.88 Å². The van der Waals surface area contributed by atoms with Gasteiger partial charge in [0.1, 0.15) is 18.9 Å². The number of hydrogen-bond donors (Lipinski definition) is 0. The molecule has 0 radical (unpaired) electrons. The largest absolute Gasteiger partial charge is 0.486 e. The highest BCUT2D eigenvalue weighted by Crippen LogP contribution is 2.32. The monoisotopic (exact) mass is 185 g/mol. The predicted octanol–water partition coefficient (Wildman–Crippen LogP) is 1.59. The van der Waals surface area contributed by atoms with Gasteiger partial charge in [-0.2, -0.15) is 0 Å². The van der Waals surface area contributed by atoms with Gasteiger partial charge in [-0.05, 0) is 0 Å². The van der Waals surface area contributed by atoms with Crippen molar-refractivity contribution in [3.05, 3.63) is 18.0 Å². The molecule has 0 fully saturated rings. The van der Waals surface area contributed by atoms with Crippen molar-refractivity contribution in [1.82, 2.24) is 4.98 Å². The summed E-state index contributed by atoms with van der Waals surface area (Å²) < 4.78 is 10.7. The Balaban J connectivity index is 2.44. The second-order valence-corrected chi connectivity index (χ2v) is 2.68. The van der Waals surface area contributed by atoms with Crippen molar-refractivity contribution in [2.45, 2.75) is 5.88 Å². The highest BCUT2D eigenvalue weighted by atomic mass is 35.5. The van der Waals surface area contributed by atoms with E-state index in [2.05, 4.69) is 4.98 Å². The molecular formula is C8H8ClNO2. The van der Waals surface area contributed by atoms with Crippen molar-refractivity contribution < 1.29 is 9.47 Å². The number of fused-ring (bicyclic) bond motifs is 1. The van der Waals surface area contributed by atoms with Crippen LogP contribution >= 0.6 is 11.6 Å². The maximum atomic E-state index is 5.67. The lowest BCUT2D eigenvalue weighted by atomic mass is 10.3. The third kappa shape index (κ3) is 1.20. The number of halogens is 1. The van der Waals surface area contributed by atoms with Crippen LogP contribution in [0, 0.1) is 0 Å². The number of hydrogen-bond acceptors (Lipinski definition) is 3. The van der Waals surface area contributed by atoms with Crippen molar-refractivity contribution >= 4 is 11.6 Å². The van der Waals surface area contributed by atoms with Gasteiger partial charge in [0.2, 0.25) is 0 Å². The highest BCUT2D eigenvalue weighted by molar-refractivity contribution is 6.17. The molecule has 0 unspecified atom stereocenters. The van der Waals surface area contributed by atoms with E-state index >= 15 is 0 Å². The van der Waals surface area contributed by atoms with Crippen molar-refractivity contribution in [2.75, 3.05) is 13.2 Å². The molecule has 2 heterocycles. The first kappa shape index (κ1) is 7.68. The van der Waals surface area contributed by atoms with Crippen LogP contribution in [0.4, 0.5) is 0 Å². The van der Waals surface area contributed by atoms with Gasteiger partial charge in [-0.15, -0.1) is 11.6 Å². The fourth-order valence-corrected chi connectivity index (χ4v) is 1.32. The van der Waals surface area contributed by atoms with Crippen molar-refractivity contribution in [3.8, 4) is 11.5 Å². The van der Waals surface area contributed by atoms with Crippen LogP contribution in [0.2, 0.25) is 0 Å². The summed E-state index contributed by atoms with van der Waals surface area (Å²) in [6.45, 7) is 1.17. The van der Waals surface area contributed by atoms with Crippen LogP contribution < -0.4 is 9.47 Å². The second-order valence-electron chi connectivity index (χ2n) is 2.42. The Hall–Kier alpha value is -0.960. The summed E-state index contributed by atoms with van der Waals surface area (Å²) in [4.78, 5) is 4.07. The molecule has 0 saturated carbocycles. The first-order valence-electron chi connectivity index (χ1n) is 3.71. The number of nitrogens with zero attached hydrogens (tertiary/aromatic N) is 1. The molecule has 4 heteroatoms. The highest BCUT2D eigenvalue weighted by Gasteiger charge is 2.15. The Bertz CT molecular complexity index is 276. The average Bonchev–Trinajstić information content (AvgIpc) is 2.17. The van der Waals surface area contributed by atoms with E-state index in [1.165, 1.54) is 0 Å². The molecule has 0 spiro atoms. The Labute approximate surface area is 75.3 Å². The molecule has 0 aliphatic carbocycles. The van der Waals surface area contributed by atoms with Crippen LogP contribution in [-0.4, -0.2) is 18.2 Å². The summed E-state index contributed by atoms with van der Waals surface area (Å²) in [5, 5.41) is 0. The second kappa shape index (κ2) is 3.19. The minimum Gasteiger partial charge on any atom is -0.486 e. The zero-order valence-electron chi connectivity index (χ0n) is 6.42. The molecule has 12 heavy (non-hydrogen) atoms. The van der Waals surface area contributed by atoms with Gasteiger partial charge in [0.15, 0.2) is 11.5 Å². The zero-order valence-corrected chi connectivity index (χ0v) is 7.17. The number of rotatable bonds is 1. The van der Waals surface area contributed by atoms with Crippen LogP contribution in [0.15, 0.2) is 12.3 Å². The smallest absolute Gasteiger partial charge is 0.184 e. The van der Waals surface area contributed by atoms with Crippen LogP contribution in [0.1, 0.15) is 5.69 Å². The maximum absolute atomic E-state index is 5.67. The minimum absolute atomic E-state index is 0.354. The molecule has 2 rings (SSSR count). The Morgan fingerprint density at radius 3 is 3.08 bits per heavy atom. The van der Waals surface area contributed by atoms with Crippen LogP contribution in [0.5, 0.6) is 11.5 Å². The molecule has 0 atom stereocenters. The lowest BCUT2D eigenvalue weighted by Crippen LogP contribution is -2.16. The normalized spacial score (nSPS) is 14.4. The molecule has 0 aromatic carbocycles. The molecule has 0 saturated heterocycles. The van der Waals surface area contributed by atoms with E-state index in [-0.39, 0.29) is 0 Å². The Morgan fingerprint density at radius 2 is 2.25 bits per heavy atom. The SMILES string of the molecule is ClCc1nccc2c1OCCO2. The number of ether oxygens (including phenoxy) is 2. The summed E-state index contributed by atoms with van der Waals surface area (Å²) in [6, 6.07) is 1.78. The lowest BCUT2D eigenvalue weighted by molar-refractivity contribution is 0.169. The molecular weight excluding hydrogens is 178 g/mol. The molecule has 1 aromatic heterocycles. The van der Waals surface area contributed by atoms with Crippen molar-refractivity contribution in [2.24, 2.45) is 0 Å². The Kier molecular flexibility index (Phi) is 2.04. The molecule has 64 valence electrons. The quantitative estimate of drug-likeness (QED) is 0.623. The zero-order chi connectivity index (χ0) is 8.39. The summed E-state index contributed by atoms with van der Waals surface area (Å²) in [5.41, 5.74) is 0.744. The first-order chi connectivity index (χ1) is 5.92. The van der Waals surface area contributed by atoms with E-state index in [1.807, 2.05) is 0 Å². The predicted molar refractivity (Wildman–Crippen MR) is 44.8 cm³/mol. The Morgan fingerprint density at radius 1 is 1.42 bits per heavy atom. The standard InChI is InChI=1S/C8H8ClNO2/c9-5-6-8-7(1-2-10-6)11-3-4-12-8/h1-2H,3-5H2. The topological polar surface area (TPSA) is 31.4 Å². The number of alkyl halides is 1. The van der Waals surface area contributed by atoms with Crippen LogP contribution in [0.3, 0.4) is 0 Å². The summed E-state index contributed by atoms with van der Waals surface area (Å²) in [6.07, 6.45) is 1.67. The van der Waals surface area contributed by atoms with Gasteiger partial charge >= 0.3 is 0 Å². The number of aromatic nitrogens is 1. The minimum atomic E-state index is 0.354. The fourth-order valence-electron chi connectivity index (χ4n) is 1.13. The molecule has 0 amide bonds. The van der Waals surface area contributed by atoms with Gasteiger partial charge in [-0.1, -0.05) is 0 Å². The van der Waals surface area contributed by atoms with E-state index in [4.69, 9.17) is 21.1 Å². The molecule has 1 aliphatic rings. The van der Waals surface area contributed by atoms with E-state index < -0.39 is 0 Å². The molecule has 1 aliphatic heterocycles. The van der Waals surface area contributed by atoms with Gasteiger partial charge in [0, 0.05) is 12.3 Å². The van der Waals surface area contributed by atoms with E-state index in [0.717, 1.165) is 11.4 Å². The third-order valence-electron chi connectivity index (χ3n) is 1.66. The molecule has 0 N–H and O–H groups in total. The number of pyridine rings is 1. The van der Waals surface area contributed by atoms with E-state index in [9.17, 15) is 0 Å². The molecule has 0 bridgehead atoms. The van der Waals surface area contributed by atoms with E-state index in [1.54, 1.807) is 12.3 Å². The first-order valence-corrected chi connectivity index (χ1v) is 4.24. The van der Waals surface area contributed by atoms with Gasteiger partial charge in [-0.3, -0.25) is 4.98 Å². The van der Waals surface area contributed by atoms with Gasteiger partial charge in [0.25, 0.3) is 0 Å². The molecule has 3 nitrogen and oxygen atoms in total. The summed E-state index contributed by atoms with van der Waals surface area (Å²) >= 11 is 5.67. The van der Waals surface area contributed by atoms with Crippen molar-refractivity contribution in [3.63, 3.8) is 0 Å². The van der Waals surface area contributed by atoms with Gasteiger partial charge in [-0.25, -0.2) is 0 Å². The van der Waals surface area contributed by atoms with Crippen LogP contribution in [0.25, 0.3) is 0 Å². The average molecular weight is 186 g/mol. The van der Waals surface area contributed by atoms with Gasteiger partial charge in [0.05, 0.1) is 5.88 Å². The maximum Gasteiger partial charge on any atom is 0.184 e. The van der Waals surface area contributed by atoms with Gasteiger partial charge < -0.3 is 9.47 Å².